The maximum atomic E-state index is 12.5. The standard InChI is InChI=1S/C15H19N5O5S2/c1-3-12(21)17-14-18-19-15(26-14)27(23,24)20-11-7-5-4-6-10(11)13(22)16-8-9-25-2/h4-7,20H,3,8-9H2,1-2H3,(H,16,22)(H,17,18,21). The Bertz CT molecular complexity index is 913. The molecule has 1 heterocycles. The van der Waals surface area contributed by atoms with Gasteiger partial charge in [0, 0.05) is 20.1 Å². The van der Waals surface area contributed by atoms with E-state index in [1.807, 2.05) is 0 Å². The largest absolute Gasteiger partial charge is 0.383 e. The number of amides is 2. The first kappa shape index (κ1) is 20.7. The number of carbonyl (C=O) groups excluding carboxylic acids is 2. The molecular weight excluding hydrogens is 394 g/mol. The second-order valence-electron chi connectivity index (χ2n) is 5.17. The van der Waals surface area contributed by atoms with Gasteiger partial charge in [-0.05, 0) is 12.1 Å². The van der Waals surface area contributed by atoms with Crippen LogP contribution in [0.4, 0.5) is 10.8 Å². The van der Waals surface area contributed by atoms with Crippen LogP contribution in [0.1, 0.15) is 23.7 Å². The molecule has 0 aliphatic carbocycles. The molecule has 2 aromatic rings. The maximum Gasteiger partial charge on any atom is 0.291 e. The van der Waals surface area contributed by atoms with Crippen molar-refractivity contribution in [2.45, 2.75) is 17.7 Å². The van der Waals surface area contributed by atoms with Crippen LogP contribution >= 0.6 is 11.3 Å². The minimum atomic E-state index is -4.08. The first-order valence-corrected chi connectivity index (χ1v) is 10.2. The average molecular weight is 413 g/mol. The molecule has 0 spiro atoms. The van der Waals surface area contributed by atoms with Gasteiger partial charge in [-0.3, -0.25) is 14.3 Å². The Morgan fingerprint density at radius 2 is 1.96 bits per heavy atom. The first-order chi connectivity index (χ1) is 12.9. The molecule has 0 atom stereocenters. The quantitative estimate of drug-likeness (QED) is 0.412. The number of aromatic nitrogens is 2. The van der Waals surface area contributed by atoms with Gasteiger partial charge >= 0.3 is 0 Å². The summed E-state index contributed by atoms with van der Waals surface area (Å²) in [5.74, 6) is -0.750. The molecule has 2 rings (SSSR count). The number of nitrogens with zero attached hydrogens (tertiary/aromatic N) is 2. The first-order valence-electron chi connectivity index (χ1n) is 7.89. The molecule has 3 N–H and O–H groups in total. The van der Waals surface area contributed by atoms with E-state index in [2.05, 4.69) is 25.6 Å². The summed E-state index contributed by atoms with van der Waals surface area (Å²) in [6.45, 7) is 2.27. The minimum Gasteiger partial charge on any atom is -0.383 e. The van der Waals surface area contributed by atoms with Crippen molar-refractivity contribution in [2.75, 3.05) is 30.3 Å². The third-order valence-corrected chi connectivity index (χ3v) is 5.78. The molecule has 0 bridgehead atoms. The SMILES string of the molecule is CCC(=O)Nc1nnc(S(=O)(=O)Nc2ccccc2C(=O)NCCOC)s1. The predicted octanol–water partition coefficient (Wildman–Crippen LogP) is 1.06. The number of hydrogen-bond donors (Lipinski definition) is 3. The molecule has 2 amide bonds. The summed E-state index contributed by atoms with van der Waals surface area (Å²) >= 11 is 0.712. The van der Waals surface area contributed by atoms with E-state index < -0.39 is 15.9 Å². The molecule has 0 radical (unpaired) electrons. The van der Waals surface area contributed by atoms with Crippen molar-refractivity contribution in [3.05, 3.63) is 29.8 Å². The fraction of sp³-hybridized carbons (Fsp3) is 0.333. The van der Waals surface area contributed by atoms with Gasteiger partial charge in [-0.25, -0.2) is 0 Å². The van der Waals surface area contributed by atoms with Gasteiger partial charge in [0.2, 0.25) is 11.0 Å². The van der Waals surface area contributed by atoms with Gasteiger partial charge in [0.15, 0.2) is 0 Å². The zero-order valence-electron chi connectivity index (χ0n) is 14.7. The number of sulfonamides is 1. The van der Waals surface area contributed by atoms with Crippen molar-refractivity contribution in [1.82, 2.24) is 15.5 Å². The second-order valence-corrected chi connectivity index (χ2v) is 8.01. The van der Waals surface area contributed by atoms with Crippen LogP contribution in [0.2, 0.25) is 0 Å². The number of para-hydroxylation sites is 1. The Kier molecular flexibility index (Phi) is 7.21. The van der Waals surface area contributed by atoms with Crippen molar-refractivity contribution < 1.29 is 22.7 Å². The van der Waals surface area contributed by atoms with Crippen molar-refractivity contribution >= 4 is 44.0 Å². The van der Waals surface area contributed by atoms with E-state index in [1.54, 1.807) is 19.1 Å². The lowest BCUT2D eigenvalue weighted by atomic mass is 10.2. The fourth-order valence-electron chi connectivity index (χ4n) is 1.90. The van der Waals surface area contributed by atoms with Gasteiger partial charge in [0.05, 0.1) is 17.9 Å². The normalized spacial score (nSPS) is 11.0. The highest BCUT2D eigenvalue weighted by Crippen LogP contribution is 2.24. The van der Waals surface area contributed by atoms with Crippen molar-refractivity contribution in [1.29, 1.82) is 0 Å². The molecule has 1 aromatic carbocycles. The number of nitrogens with one attached hydrogen (secondary N) is 3. The van der Waals surface area contributed by atoms with E-state index in [-0.39, 0.29) is 39.6 Å². The lowest BCUT2D eigenvalue weighted by Gasteiger charge is -2.11. The minimum absolute atomic E-state index is 0.0767. The lowest BCUT2D eigenvalue weighted by molar-refractivity contribution is -0.115. The van der Waals surface area contributed by atoms with E-state index in [4.69, 9.17) is 4.74 Å². The molecule has 0 aliphatic heterocycles. The van der Waals surface area contributed by atoms with Crippen LogP contribution in [-0.4, -0.2) is 50.7 Å². The van der Waals surface area contributed by atoms with Crippen molar-refractivity contribution in [3.8, 4) is 0 Å². The molecular formula is C15H19N5O5S2. The number of benzene rings is 1. The van der Waals surface area contributed by atoms with Crippen LogP contribution in [-0.2, 0) is 19.6 Å². The lowest BCUT2D eigenvalue weighted by Crippen LogP contribution is -2.28. The number of rotatable bonds is 9. The highest BCUT2D eigenvalue weighted by Gasteiger charge is 2.23. The number of ether oxygens (including phenoxy) is 1. The van der Waals surface area contributed by atoms with Crippen molar-refractivity contribution in [3.63, 3.8) is 0 Å². The predicted molar refractivity (Wildman–Crippen MR) is 100 cm³/mol. The van der Waals surface area contributed by atoms with Crippen LogP contribution in [0.15, 0.2) is 28.6 Å². The number of hydrogen-bond acceptors (Lipinski definition) is 8. The highest BCUT2D eigenvalue weighted by molar-refractivity contribution is 7.94. The Balaban J connectivity index is 2.18. The van der Waals surface area contributed by atoms with Crippen molar-refractivity contribution in [2.24, 2.45) is 0 Å². The zero-order valence-corrected chi connectivity index (χ0v) is 16.3. The van der Waals surface area contributed by atoms with Gasteiger partial charge in [-0.1, -0.05) is 30.4 Å². The molecule has 0 saturated carbocycles. The molecule has 1 aromatic heterocycles. The summed E-state index contributed by atoms with van der Waals surface area (Å²) < 4.78 is 31.9. The van der Waals surface area contributed by atoms with Gasteiger partial charge in [-0.15, -0.1) is 10.2 Å². The van der Waals surface area contributed by atoms with E-state index in [0.717, 1.165) is 0 Å². The van der Waals surface area contributed by atoms with E-state index in [0.29, 0.717) is 17.9 Å². The monoisotopic (exact) mass is 413 g/mol. The van der Waals surface area contributed by atoms with E-state index >= 15 is 0 Å². The third-order valence-electron chi connectivity index (χ3n) is 3.21. The maximum absolute atomic E-state index is 12.5. The molecule has 0 saturated heterocycles. The molecule has 0 aliphatic rings. The summed E-state index contributed by atoms with van der Waals surface area (Å²) in [7, 11) is -2.57. The molecule has 0 unspecified atom stereocenters. The van der Waals surface area contributed by atoms with Gasteiger partial charge in [-0.2, -0.15) is 8.42 Å². The topological polar surface area (TPSA) is 139 Å². The van der Waals surface area contributed by atoms with E-state index in [1.165, 1.54) is 19.2 Å². The average Bonchev–Trinajstić information content (AvgIpc) is 3.11. The number of anilines is 2. The number of carbonyl (C=O) groups is 2. The smallest absolute Gasteiger partial charge is 0.291 e. The zero-order chi connectivity index (χ0) is 19.9. The van der Waals surface area contributed by atoms with Gasteiger partial charge in [0.25, 0.3) is 20.3 Å². The van der Waals surface area contributed by atoms with Crippen LogP contribution in [0.3, 0.4) is 0 Å². The summed E-state index contributed by atoms with van der Waals surface area (Å²) in [5.41, 5.74) is 0.253. The molecule has 10 nitrogen and oxygen atoms in total. The molecule has 27 heavy (non-hydrogen) atoms. The Labute approximate surface area is 160 Å². The Hall–Kier alpha value is -2.57. The Morgan fingerprint density at radius 3 is 2.67 bits per heavy atom. The van der Waals surface area contributed by atoms with Gasteiger partial charge in [0.1, 0.15) is 0 Å². The summed E-state index contributed by atoms with van der Waals surface area (Å²) in [4.78, 5) is 23.6. The van der Waals surface area contributed by atoms with Crippen LogP contribution in [0.5, 0.6) is 0 Å². The second kappa shape index (κ2) is 9.39. The highest BCUT2D eigenvalue weighted by atomic mass is 32.2. The number of methoxy groups -OCH3 is 1. The van der Waals surface area contributed by atoms with Crippen LogP contribution < -0.4 is 15.4 Å². The molecule has 12 heteroatoms. The molecule has 0 fully saturated rings. The third kappa shape index (κ3) is 5.70. The summed E-state index contributed by atoms with van der Waals surface area (Å²) in [6, 6.07) is 6.17. The van der Waals surface area contributed by atoms with E-state index in [9.17, 15) is 18.0 Å². The summed E-state index contributed by atoms with van der Waals surface area (Å²) in [5, 5.41) is 12.4. The fourth-order valence-corrected chi connectivity index (χ4v) is 3.89. The summed E-state index contributed by atoms with van der Waals surface area (Å²) in [6.07, 6.45) is 0.228. The Morgan fingerprint density at radius 1 is 1.22 bits per heavy atom. The molecule has 146 valence electrons. The van der Waals surface area contributed by atoms with Gasteiger partial charge < -0.3 is 15.4 Å². The van der Waals surface area contributed by atoms with Crippen LogP contribution in [0, 0.1) is 0 Å². The van der Waals surface area contributed by atoms with Crippen LogP contribution in [0.25, 0.3) is 0 Å².